The second kappa shape index (κ2) is 8.14. The molecule has 1 aromatic carbocycles. The van der Waals surface area contributed by atoms with Crippen molar-refractivity contribution in [1.82, 2.24) is 4.98 Å². The van der Waals surface area contributed by atoms with Crippen LogP contribution in [0.1, 0.15) is 24.5 Å². The number of nitrogens with zero attached hydrogens (tertiary/aromatic N) is 1. The first-order valence-electron chi connectivity index (χ1n) is 8.46. The standard InChI is InChI=1S/C19H21FN2O4/c1-3-17(23)26-18-13(8-12-4-6-14(20)7-5-12)9-16-19(22-18)25-11-15(21-16)10-24-2/h4-7,9,15,21H,3,8,10-11H2,1-2H3/t15-/m0/s1. The van der Waals surface area contributed by atoms with Crippen molar-refractivity contribution in [3.05, 3.63) is 47.3 Å². The number of aromatic nitrogens is 1. The Labute approximate surface area is 151 Å². The summed E-state index contributed by atoms with van der Waals surface area (Å²) in [4.78, 5) is 16.1. The fourth-order valence-electron chi connectivity index (χ4n) is 2.68. The predicted molar refractivity (Wildman–Crippen MR) is 94.2 cm³/mol. The molecule has 0 fully saturated rings. The highest BCUT2D eigenvalue weighted by atomic mass is 19.1. The van der Waals surface area contributed by atoms with Crippen LogP contribution in [0, 0.1) is 5.82 Å². The van der Waals surface area contributed by atoms with Crippen molar-refractivity contribution in [2.24, 2.45) is 0 Å². The first kappa shape index (κ1) is 18.1. The highest BCUT2D eigenvalue weighted by Gasteiger charge is 2.23. The fourth-order valence-corrected chi connectivity index (χ4v) is 2.68. The van der Waals surface area contributed by atoms with E-state index in [4.69, 9.17) is 14.2 Å². The first-order chi connectivity index (χ1) is 12.6. The number of hydrogen-bond donors (Lipinski definition) is 1. The number of carbonyl (C=O) groups is 1. The minimum Gasteiger partial charge on any atom is -0.474 e. The molecule has 0 amide bonds. The number of nitrogens with one attached hydrogen (secondary N) is 1. The molecule has 26 heavy (non-hydrogen) atoms. The second-order valence-electron chi connectivity index (χ2n) is 6.04. The summed E-state index contributed by atoms with van der Waals surface area (Å²) in [6.07, 6.45) is 0.688. The van der Waals surface area contributed by atoms with Crippen molar-refractivity contribution in [3.8, 4) is 11.8 Å². The van der Waals surface area contributed by atoms with Crippen LogP contribution in [0.3, 0.4) is 0 Å². The number of carbonyl (C=O) groups excluding carboxylic acids is 1. The van der Waals surface area contributed by atoms with Gasteiger partial charge >= 0.3 is 5.97 Å². The zero-order chi connectivity index (χ0) is 18.5. The zero-order valence-electron chi connectivity index (χ0n) is 14.8. The lowest BCUT2D eigenvalue weighted by molar-refractivity contribution is -0.134. The van der Waals surface area contributed by atoms with Gasteiger partial charge in [-0.25, -0.2) is 4.39 Å². The van der Waals surface area contributed by atoms with Gasteiger partial charge in [-0.1, -0.05) is 19.1 Å². The molecular weight excluding hydrogens is 339 g/mol. The number of pyridine rings is 1. The summed E-state index contributed by atoms with van der Waals surface area (Å²) < 4.78 is 29.3. The molecule has 2 heterocycles. The lowest BCUT2D eigenvalue weighted by Gasteiger charge is -2.27. The Kier molecular flexibility index (Phi) is 5.68. The topological polar surface area (TPSA) is 69.7 Å². The molecule has 3 rings (SSSR count). The summed E-state index contributed by atoms with van der Waals surface area (Å²) in [6.45, 7) is 2.62. The maximum absolute atomic E-state index is 13.1. The molecule has 1 aliphatic rings. The summed E-state index contributed by atoms with van der Waals surface area (Å²) >= 11 is 0. The minimum atomic E-state index is -0.376. The third-order valence-corrected chi connectivity index (χ3v) is 3.98. The van der Waals surface area contributed by atoms with E-state index >= 15 is 0 Å². The highest BCUT2D eigenvalue weighted by molar-refractivity contribution is 5.72. The molecule has 7 heteroatoms. The number of benzene rings is 1. The number of hydrogen-bond acceptors (Lipinski definition) is 6. The molecule has 0 unspecified atom stereocenters. The molecule has 0 bridgehead atoms. The van der Waals surface area contributed by atoms with E-state index in [-0.39, 0.29) is 30.1 Å². The maximum Gasteiger partial charge on any atom is 0.312 e. The molecule has 0 radical (unpaired) electrons. The van der Waals surface area contributed by atoms with Gasteiger partial charge in [0.25, 0.3) is 0 Å². The number of ether oxygens (including phenoxy) is 3. The molecular formula is C19H21FN2O4. The van der Waals surface area contributed by atoms with Crippen molar-refractivity contribution in [2.75, 3.05) is 25.6 Å². The molecule has 1 aliphatic heterocycles. The summed E-state index contributed by atoms with van der Waals surface area (Å²) in [7, 11) is 1.63. The quantitative estimate of drug-likeness (QED) is 0.799. The maximum atomic E-state index is 13.1. The monoisotopic (exact) mass is 360 g/mol. The number of esters is 1. The largest absolute Gasteiger partial charge is 0.474 e. The van der Waals surface area contributed by atoms with Gasteiger partial charge in [0, 0.05) is 25.5 Å². The first-order valence-corrected chi connectivity index (χ1v) is 8.46. The molecule has 2 aromatic rings. The number of rotatable bonds is 6. The van der Waals surface area contributed by atoms with Gasteiger partial charge in [-0.05, 0) is 23.8 Å². The summed E-state index contributed by atoms with van der Waals surface area (Å²) in [5.74, 6) is -0.0720. The van der Waals surface area contributed by atoms with Crippen LogP contribution in [0.5, 0.6) is 11.8 Å². The smallest absolute Gasteiger partial charge is 0.312 e. The Bertz CT molecular complexity index is 780. The Morgan fingerprint density at radius 3 is 2.85 bits per heavy atom. The third kappa shape index (κ3) is 4.29. The van der Waals surface area contributed by atoms with Crippen molar-refractivity contribution >= 4 is 11.7 Å². The van der Waals surface area contributed by atoms with Crippen LogP contribution in [0.4, 0.5) is 10.1 Å². The fraction of sp³-hybridized carbons (Fsp3) is 0.368. The number of halogens is 1. The lowest BCUT2D eigenvalue weighted by atomic mass is 10.1. The van der Waals surface area contributed by atoms with Gasteiger partial charge in [0.1, 0.15) is 12.4 Å². The van der Waals surface area contributed by atoms with E-state index in [0.717, 1.165) is 5.56 Å². The van der Waals surface area contributed by atoms with E-state index in [2.05, 4.69) is 10.3 Å². The van der Waals surface area contributed by atoms with Crippen LogP contribution in [0.15, 0.2) is 30.3 Å². The predicted octanol–water partition coefficient (Wildman–Crippen LogP) is 2.95. The van der Waals surface area contributed by atoms with Gasteiger partial charge in [0.05, 0.1) is 18.3 Å². The van der Waals surface area contributed by atoms with Gasteiger partial charge in [0.15, 0.2) is 0 Å². The van der Waals surface area contributed by atoms with Gasteiger partial charge < -0.3 is 19.5 Å². The van der Waals surface area contributed by atoms with Gasteiger partial charge in [-0.2, -0.15) is 4.98 Å². The van der Waals surface area contributed by atoms with Crippen LogP contribution in [-0.4, -0.2) is 37.3 Å². The highest BCUT2D eigenvalue weighted by Crippen LogP contribution is 2.33. The molecule has 1 N–H and O–H groups in total. The van der Waals surface area contributed by atoms with E-state index < -0.39 is 0 Å². The van der Waals surface area contributed by atoms with Crippen molar-refractivity contribution in [1.29, 1.82) is 0 Å². The Balaban J connectivity index is 1.92. The zero-order valence-corrected chi connectivity index (χ0v) is 14.8. The van der Waals surface area contributed by atoms with Crippen LogP contribution in [0.2, 0.25) is 0 Å². The molecule has 0 saturated carbocycles. The van der Waals surface area contributed by atoms with Crippen LogP contribution in [0.25, 0.3) is 0 Å². The van der Waals surface area contributed by atoms with Crippen LogP contribution in [-0.2, 0) is 16.0 Å². The van der Waals surface area contributed by atoms with E-state index in [0.29, 0.717) is 36.8 Å². The average molecular weight is 360 g/mol. The van der Waals surface area contributed by atoms with Gasteiger partial charge in [-0.15, -0.1) is 0 Å². The number of fused-ring (bicyclic) bond motifs is 1. The van der Waals surface area contributed by atoms with Crippen molar-refractivity contribution in [2.45, 2.75) is 25.8 Å². The molecule has 0 saturated heterocycles. The molecule has 1 aromatic heterocycles. The molecule has 1 atom stereocenters. The molecule has 6 nitrogen and oxygen atoms in total. The molecule has 0 spiro atoms. The molecule has 138 valence electrons. The van der Waals surface area contributed by atoms with E-state index in [1.54, 1.807) is 26.2 Å². The SMILES string of the molecule is CCC(=O)Oc1nc2c(cc1Cc1ccc(F)cc1)N[C@@H](COC)CO2. The van der Waals surface area contributed by atoms with Crippen molar-refractivity contribution < 1.29 is 23.4 Å². The lowest BCUT2D eigenvalue weighted by Crippen LogP contribution is -2.35. The molecule has 0 aliphatic carbocycles. The van der Waals surface area contributed by atoms with E-state index in [1.807, 2.05) is 6.07 Å². The summed E-state index contributed by atoms with van der Waals surface area (Å²) in [5, 5.41) is 3.31. The van der Waals surface area contributed by atoms with Crippen molar-refractivity contribution in [3.63, 3.8) is 0 Å². The minimum absolute atomic E-state index is 0.0111. The van der Waals surface area contributed by atoms with Crippen LogP contribution >= 0.6 is 0 Å². The van der Waals surface area contributed by atoms with Gasteiger partial charge in [-0.3, -0.25) is 4.79 Å². The normalized spacial score (nSPS) is 15.6. The van der Waals surface area contributed by atoms with E-state index in [1.165, 1.54) is 12.1 Å². The van der Waals surface area contributed by atoms with Gasteiger partial charge in [0.2, 0.25) is 11.8 Å². The van der Waals surface area contributed by atoms with Crippen LogP contribution < -0.4 is 14.8 Å². The summed E-state index contributed by atoms with van der Waals surface area (Å²) in [5.41, 5.74) is 2.31. The Hall–Kier alpha value is -2.67. The average Bonchev–Trinajstić information content (AvgIpc) is 2.64. The third-order valence-electron chi connectivity index (χ3n) is 3.98. The second-order valence-corrected chi connectivity index (χ2v) is 6.04. The number of anilines is 1. The Morgan fingerprint density at radius 2 is 2.15 bits per heavy atom. The Morgan fingerprint density at radius 1 is 1.38 bits per heavy atom. The summed E-state index contributed by atoms with van der Waals surface area (Å²) in [6, 6.07) is 8.04. The number of methoxy groups -OCH3 is 1. The van der Waals surface area contributed by atoms with E-state index in [9.17, 15) is 9.18 Å².